The van der Waals surface area contributed by atoms with Gasteiger partial charge in [0, 0.05) is 11.6 Å². The average Bonchev–Trinajstić information content (AvgIpc) is 2.89. The molecule has 1 amide bonds. The van der Waals surface area contributed by atoms with Crippen LogP contribution in [0.15, 0.2) is 28.8 Å². The number of aryl methyl sites for hydroxylation is 2. The van der Waals surface area contributed by atoms with Crippen LogP contribution >= 0.6 is 0 Å². The third-order valence-electron chi connectivity index (χ3n) is 4.00. The Kier molecular flexibility index (Phi) is 5.79. The summed E-state index contributed by atoms with van der Waals surface area (Å²) in [5, 5.41) is 6.92. The molecule has 0 aliphatic rings. The van der Waals surface area contributed by atoms with Crippen LogP contribution in [0.1, 0.15) is 54.1 Å². The summed E-state index contributed by atoms with van der Waals surface area (Å²) in [5.74, 6) is 1.43. The fraction of sp³-hybridized carbons (Fsp3) is 0.444. The predicted octanol–water partition coefficient (Wildman–Crippen LogP) is 3.79. The molecule has 2 aromatic rings. The van der Waals surface area contributed by atoms with E-state index in [1.165, 1.54) is 0 Å². The van der Waals surface area contributed by atoms with Crippen LogP contribution in [0.25, 0.3) is 0 Å². The lowest BCUT2D eigenvalue weighted by Gasteiger charge is -2.14. The van der Waals surface area contributed by atoms with E-state index in [9.17, 15) is 4.79 Å². The molecule has 1 aromatic carbocycles. The molecule has 0 aliphatic carbocycles. The fourth-order valence-electron chi connectivity index (χ4n) is 2.33. The molecule has 0 unspecified atom stereocenters. The lowest BCUT2D eigenvalue weighted by molar-refractivity contribution is 0.0935. The van der Waals surface area contributed by atoms with E-state index >= 15 is 0 Å². The van der Waals surface area contributed by atoms with Crippen molar-refractivity contribution >= 4 is 5.91 Å². The highest BCUT2D eigenvalue weighted by atomic mass is 16.5. The highest BCUT2D eigenvalue weighted by Crippen LogP contribution is 2.18. The van der Waals surface area contributed by atoms with E-state index in [0.717, 1.165) is 29.9 Å². The number of hydrogen-bond donors (Lipinski definition) is 1. The van der Waals surface area contributed by atoms with Crippen LogP contribution in [0.4, 0.5) is 0 Å². The summed E-state index contributed by atoms with van der Waals surface area (Å²) in [6.07, 6.45) is 1.86. The summed E-state index contributed by atoms with van der Waals surface area (Å²) in [5.41, 5.74) is 2.44. The maximum atomic E-state index is 12.1. The molecule has 0 aliphatic heterocycles. The number of hydrogen-bond acceptors (Lipinski definition) is 4. The third kappa shape index (κ3) is 4.34. The van der Waals surface area contributed by atoms with Crippen LogP contribution < -0.4 is 10.1 Å². The van der Waals surface area contributed by atoms with Gasteiger partial charge in [0.15, 0.2) is 0 Å². The molecule has 0 radical (unpaired) electrons. The highest BCUT2D eigenvalue weighted by molar-refractivity contribution is 5.94. The molecule has 5 nitrogen and oxygen atoms in total. The third-order valence-corrected chi connectivity index (χ3v) is 4.00. The first kappa shape index (κ1) is 17.1. The van der Waals surface area contributed by atoms with Gasteiger partial charge in [-0.3, -0.25) is 4.79 Å². The summed E-state index contributed by atoms with van der Waals surface area (Å²) in [6, 6.07) is 7.39. The van der Waals surface area contributed by atoms with Gasteiger partial charge in [0.2, 0.25) is 0 Å². The van der Waals surface area contributed by atoms with Gasteiger partial charge >= 0.3 is 0 Å². The van der Waals surface area contributed by atoms with Crippen LogP contribution in [0.2, 0.25) is 0 Å². The number of nitrogens with one attached hydrogen (secondary N) is 1. The summed E-state index contributed by atoms with van der Waals surface area (Å²) < 4.78 is 10.8. The molecule has 124 valence electrons. The Morgan fingerprint density at radius 2 is 1.87 bits per heavy atom. The van der Waals surface area contributed by atoms with E-state index in [2.05, 4.69) is 24.3 Å². The minimum Gasteiger partial charge on any atom is -0.489 e. The lowest BCUT2D eigenvalue weighted by Crippen LogP contribution is -2.33. The fourth-order valence-corrected chi connectivity index (χ4v) is 2.33. The molecule has 23 heavy (non-hydrogen) atoms. The summed E-state index contributed by atoms with van der Waals surface area (Å²) in [6.45, 7) is 8.30. The van der Waals surface area contributed by atoms with Gasteiger partial charge in [-0.25, -0.2) is 0 Å². The molecule has 0 saturated carbocycles. The zero-order valence-corrected chi connectivity index (χ0v) is 14.2. The van der Waals surface area contributed by atoms with Crippen LogP contribution in [0.5, 0.6) is 5.75 Å². The van der Waals surface area contributed by atoms with Crippen molar-refractivity contribution in [3.05, 3.63) is 46.8 Å². The van der Waals surface area contributed by atoms with E-state index in [-0.39, 0.29) is 11.9 Å². The van der Waals surface area contributed by atoms with Gasteiger partial charge in [-0.1, -0.05) is 19.0 Å². The van der Waals surface area contributed by atoms with Crippen LogP contribution in [0, 0.1) is 13.8 Å². The first-order valence-corrected chi connectivity index (χ1v) is 8.00. The largest absolute Gasteiger partial charge is 0.489 e. The van der Waals surface area contributed by atoms with Crippen molar-refractivity contribution in [1.29, 1.82) is 0 Å². The molecule has 1 aromatic heterocycles. The molecular formula is C18H24N2O3. The number of aromatic nitrogens is 1. The van der Waals surface area contributed by atoms with Gasteiger partial charge in [0.05, 0.1) is 11.3 Å². The standard InChI is InChI=1S/C18H24N2O3/c1-5-15(6-2)19-18(21)14-7-9-16(10-8-14)22-11-17-12(3)20-23-13(17)4/h7-10,15H,5-6,11H2,1-4H3,(H,19,21). The SMILES string of the molecule is CCC(CC)NC(=O)c1ccc(OCc2c(C)noc2C)cc1. The molecular weight excluding hydrogens is 292 g/mol. The number of ether oxygens (including phenoxy) is 1. The minimum absolute atomic E-state index is 0.0454. The minimum atomic E-state index is -0.0454. The second-order valence-corrected chi connectivity index (χ2v) is 5.60. The highest BCUT2D eigenvalue weighted by Gasteiger charge is 2.12. The molecule has 5 heteroatoms. The monoisotopic (exact) mass is 316 g/mol. The van der Waals surface area contributed by atoms with E-state index in [1.807, 2.05) is 13.8 Å². The second-order valence-electron chi connectivity index (χ2n) is 5.60. The number of carbonyl (C=O) groups excluding carboxylic acids is 1. The number of rotatable bonds is 7. The number of nitrogens with zero attached hydrogens (tertiary/aromatic N) is 1. The van der Waals surface area contributed by atoms with Crippen molar-refractivity contribution < 1.29 is 14.1 Å². The van der Waals surface area contributed by atoms with Crippen molar-refractivity contribution in [2.24, 2.45) is 0 Å². The summed E-state index contributed by atoms with van der Waals surface area (Å²) in [7, 11) is 0. The van der Waals surface area contributed by atoms with Gasteiger partial charge in [0.25, 0.3) is 5.91 Å². The molecule has 1 N–H and O–H groups in total. The molecule has 0 atom stereocenters. The summed E-state index contributed by atoms with van der Waals surface area (Å²) in [4.78, 5) is 12.1. The van der Waals surface area contributed by atoms with Crippen molar-refractivity contribution in [3.63, 3.8) is 0 Å². The second kappa shape index (κ2) is 7.81. The zero-order chi connectivity index (χ0) is 16.8. The van der Waals surface area contributed by atoms with Gasteiger partial charge in [-0.05, 0) is 51.0 Å². The van der Waals surface area contributed by atoms with Crippen molar-refractivity contribution in [3.8, 4) is 5.75 Å². The molecule has 0 saturated heterocycles. The quantitative estimate of drug-likeness (QED) is 0.844. The first-order chi connectivity index (χ1) is 11.0. The Balaban J connectivity index is 1.95. The summed E-state index contributed by atoms with van der Waals surface area (Å²) >= 11 is 0. The van der Waals surface area contributed by atoms with Crippen LogP contribution in [-0.4, -0.2) is 17.1 Å². The van der Waals surface area contributed by atoms with Crippen LogP contribution in [0.3, 0.4) is 0 Å². The van der Waals surface area contributed by atoms with Gasteiger partial charge < -0.3 is 14.6 Å². The maximum Gasteiger partial charge on any atom is 0.251 e. The van der Waals surface area contributed by atoms with E-state index in [1.54, 1.807) is 24.3 Å². The zero-order valence-electron chi connectivity index (χ0n) is 14.2. The Labute approximate surface area is 137 Å². The number of amides is 1. The molecule has 0 spiro atoms. The maximum absolute atomic E-state index is 12.1. The lowest BCUT2D eigenvalue weighted by atomic mass is 10.1. The molecule has 1 heterocycles. The average molecular weight is 316 g/mol. The van der Waals surface area contributed by atoms with Crippen molar-refractivity contribution in [2.45, 2.75) is 53.2 Å². The van der Waals surface area contributed by atoms with E-state index in [0.29, 0.717) is 17.9 Å². The molecule has 0 fully saturated rings. The Bertz CT molecular complexity index is 623. The van der Waals surface area contributed by atoms with E-state index in [4.69, 9.17) is 9.26 Å². The van der Waals surface area contributed by atoms with Crippen molar-refractivity contribution in [2.75, 3.05) is 0 Å². The Hall–Kier alpha value is -2.30. The first-order valence-electron chi connectivity index (χ1n) is 8.00. The van der Waals surface area contributed by atoms with Gasteiger partial charge in [0.1, 0.15) is 18.1 Å². The van der Waals surface area contributed by atoms with Crippen molar-refractivity contribution in [1.82, 2.24) is 10.5 Å². The van der Waals surface area contributed by atoms with Gasteiger partial charge in [-0.2, -0.15) is 0 Å². The molecule has 2 rings (SSSR count). The number of benzene rings is 1. The predicted molar refractivity (Wildman–Crippen MR) is 88.6 cm³/mol. The van der Waals surface area contributed by atoms with Crippen LogP contribution in [-0.2, 0) is 6.61 Å². The number of carbonyl (C=O) groups is 1. The molecule has 0 bridgehead atoms. The Morgan fingerprint density at radius 3 is 2.39 bits per heavy atom. The van der Waals surface area contributed by atoms with Gasteiger partial charge in [-0.15, -0.1) is 0 Å². The smallest absolute Gasteiger partial charge is 0.251 e. The van der Waals surface area contributed by atoms with E-state index < -0.39 is 0 Å². The topological polar surface area (TPSA) is 64.4 Å². The normalized spacial score (nSPS) is 10.8. The Morgan fingerprint density at radius 1 is 1.22 bits per heavy atom.